The molecule has 176 valence electrons. The Morgan fingerprint density at radius 3 is 2.61 bits per heavy atom. The van der Waals surface area contributed by atoms with E-state index >= 15 is 0 Å². The van der Waals surface area contributed by atoms with Crippen molar-refractivity contribution in [3.8, 4) is 5.75 Å². The van der Waals surface area contributed by atoms with Crippen LogP contribution < -0.4 is 11.1 Å². The molecule has 2 amide bonds. The average molecular weight is 435 g/mol. The molecule has 0 heterocycles. The molecule has 1 aliphatic rings. The number of phenolic OH excluding ortho intramolecular Hbond substituents is 1. The second-order valence-electron chi connectivity index (χ2n) is 9.96. The molecule has 0 aliphatic heterocycles. The predicted molar refractivity (Wildman–Crippen MR) is 124 cm³/mol. The van der Waals surface area contributed by atoms with Crippen molar-refractivity contribution in [1.29, 1.82) is 0 Å². The lowest BCUT2D eigenvalue weighted by Gasteiger charge is -2.42. The van der Waals surface area contributed by atoms with Crippen molar-refractivity contribution in [3.63, 3.8) is 0 Å². The highest BCUT2D eigenvalue weighted by molar-refractivity contribution is 5.72. The molecular formula is C25H42N2O4. The number of unbranched alkanes of at least 4 members (excludes halogenated alkanes) is 3. The number of aliphatic hydroxyl groups is 2. The van der Waals surface area contributed by atoms with Gasteiger partial charge in [0.1, 0.15) is 11.5 Å². The van der Waals surface area contributed by atoms with Gasteiger partial charge in [0, 0.05) is 13.0 Å². The van der Waals surface area contributed by atoms with Gasteiger partial charge in [0.25, 0.3) is 0 Å². The molecule has 0 saturated heterocycles. The quantitative estimate of drug-likeness (QED) is 0.257. The van der Waals surface area contributed by atoms with Gasteiger partial charge < -0.3 is 26.4 Å². The predicted octanol–water partition coefficient (Wildman–Crippen LogP) is 4.65. The van der Waals surface area contributed by atoms with Gasteiger partial charge in [0.15, 0.2) is 0 Å². The van der Waals surface area contributed by atoms with Crippen molar-refractivity contribution < 1.29 is 20.1 Å². The van der Waals surface area contributed by atoms with E-state index in [-0.39, 0.29) is 29.6 Å². The van der Waals surface area contributed by atoms with Crippen LogP contribution in [-0.4, -0.2) is 33.7 Å². The van der Waals surface area contributed by atoms with Crippen molar-refractivity contribution in [2.24, 2.45) is 11.7 Å². The van der Waals surface area contributed by atoms with Crippen LogP contribution in [0.4, 0.5) is 4.79 Å². The van der Waals surface area contributed by atoms with E-state index < -0.39 is 11.8 Å². The number of carbonyl (C=O) groups is 1. The maximum atomic E-state index is 11.4. The van der Waals surface area contributed by atoms with E-state index in [1.54, 1.807) is 0 Å². The summed E-state index contributed by atoms with van der Waals surface area (Å²) in [6, 6.07) is 5.19. The normalized spacial score (nSPS) is 24.2. The molecule has 0 radical (unpaired) electrons. The molecule has 3 atom stereocenters. The van der Waals surface area contributed by atoms with Crippen LogP contribution in [0.5, 0.6) is 5.75 Å². The summed E-state index contributed by atoms with van der Waals surface area (Å²) < 4.78 is 0. The van der Waals surface area contributed by atoms with Gasteiger partial charge in [-0.15, -0.1) is 0 Å². The summed E-state index contributed by atoms with van der Waals surface area (Å²) in [5, 5.41) is 33.6. The number of amides is 2. The van der Waals surface area contributed by atoms with E-state index in [4.69, 9.17) is 5.73 Å². The second-order valence-corrected chi connectivity index (χ2v) is 9.96. The minimum Gasteiger partial charge on any atom is -0.508 e. The molecule has 0 spiro atoms. The van der Waals surface area contributed by atoms with Crippen LogP contribution in [-0.2, 0) is 5.41 Å². The Morgan fingerprint density at radius 2 is 2.00 bits per heavy atom. The molecular weight excluding hydrogens is 392 g/mol. The van der Waals surface area contributed by atoms with Gasteiger partial charge in [-0.3, -0.25) is 0 Å². The SMILES string of the molecule is CCCCCCC(C)(C)c1ccc(C2CC(O)(NC(N)=O)CCC2CCCO)c(O)c1. The van der Waals surface area contributed by atoms with E-state index in [9.17, 15) is 20.1 Å². The number of rotatable bonds is 11. The third-order valence-corrected chi connectivity index (χ3v) is 7.01. The fourth-order valence-corrected chi connectivity index (χ4v) is 5.08. The van der Waals surface area contributed by atoms with E-state index in [0.717, 1.165) is 24.0 Å². The summed E-state index contributed by atoms with van der Waals surface area (Å²) in [4.78, 5) is 11.4. The molecule has 6 N–H and O–H groups in total. The van der Waals surface area contributed by atoms with Gasteiger partial charge in [-0.05, 0) is 66.5 Å². The number of carbonyl (C=O) groups excluding carboxylic acids is 1. The van der Waals surface area contributed by atoms with Gasteiger partial charge in [-0.1, -0.05) is 58.6 Å². The third-order valence-electron chi connectivity index (χ3n) is 7.01. The fraction of sp³-hybridized carbons (Fsp3) is 0.720. The molecule has 6 nitrogen and oxygen atoms in total. The number of urea groups is 1. The van der Waals surface area contributed by atoms with Crippen LogP contribution in [0.15, 0.2) is 18.2 Å². The zero-order valence-corrected chi connectivity index (χ0v) is 19.5. The smallest absolute Gasteiger partial charge is 0.314 e. The molecule has 0 aromatic heterocycles. The molecule has 31 heavy (non-hydrogen) atoms. The van der Waals surface area contributed by atoms with Gasteiger partial charge in [0.05, 0.1) is 0 Å². The first-order valence-corrected chi connectivity index (χ1v) is 11.9. The molecule has 0 bridgehead atoms. The summed E-state index contributed by atoms with van der Waals surface area (Å²) >= 11 is 0. The number of hydrogen-bond acceptors (Lipinski definition) is 4. The first-order chi connectivity index (χ1) is 14.6. The zero-order valence-electron chi connectivity index (χ0n) is 19.5. The van der Waals surface area contributed by atoms with Crippen LogP contribution in [0.1, 0.15) is 102 Å². The lowest BCUT2D eigenvalue weighted by atomic mass is 9.69. The largest absolute Gasteiger partial charge is 0.508 e. The lowest BCUT2D eigenvalue weighted by Crippen LogP contribution is -2.54. The van der Waals surface area contributed by atoms with Crippen molar-refractivity contribution in [1.82, 2.24) is 5.32 Å². The molecule has 3 unspecified atom stereocenters. The molecule has 1 aromatic carbocycles. The number of nitrogens with one attached hydrogen (secondary N) is 1. The first-order valence-electron chi connectivity index (χ1n) is 11.9. The lowest BCUT2D eigenvalue weighted by molar-refractivity contribution is -0.0383. The number of hydrogen-bond donors (Lipinski definition) is 5. The number of aromatic hydroxyl groups is 1. The zero-order chi connectivity index (χ0) is 23.1. The van der Waals surface area contributed by atoms with Gasteiger partial charge >= 0.3 is 6.03 Å². The summed E-state index contributed by atoms with van der Waals surface area (Å²) in [5.74, 6) is 0.321. The van der Waals surface area contributed by atoms with Crippen LogP contribution in [0.25, 0.3) is 0 Å². The molecule has 1 saturated carbocycles. The molecule has 1 aromatic rings. The van der Waals surface area contributed by atoms with Gasteiger partial charge in [-0.25, -0.2) is 4.79 Å². The Kier molecular flexibility index (Phi) is 9.19. The molecule has 1 aliphatic carbocycles. The first kappa shape index (κ1) is 25.5. The Morgan fingerprint density at radius 1 is 1.26 bits per heavy atom. The Hall–Kier alpha value is -1.79. The summed E-state index contributed by atoms with van der Waals surface area (Å²) in [6.07, 6.45) is 8.79. The van der Waals surface area contributed by atoms with Crippen molar-refractivity contribution in [2.45, 2.75) is 102 Å². The fourth-order valence-electron chi connectivity index (χ4n) is 5.08. The number of aliphatic hydroxyl groups excluding tert-OH is 1. The van der Waals surface area contributed by atoms with E-state index in [0.29, 0.717) is 25.7 Å². The van der Waals surface area contributed by atoms with Crippen molar-refractivity contribution in [3.05, 3.63) is 29.3 Å². The maximum absolute atomic E-state index is 11.4. The van der Waals surface area contributed by atoms with E-state index in [1.165, 1.54) is 25.7 Å². The Bertz CT molecular complexity index is 721. The molecule has 2 rings (SSSR count). The monoisotopic (exact) mass is 434 g/mol. The summed E-state index contributed by atoms with van der Waals surface area (Å²) in [7, 11) is 0. The minimum absolute atomic E-state index is 0.0269. The number of benzene rings is 1. The van der Waals surface area contributed by atoms with Crippen LogP contribution in [0.2, 0.25) is 0 Å². The number of phenols is 1. The number of primary amides is 1. The van der Waals surface area contributed by atoms with Crippen LogP contribution in [0.3, 0.4) is 0 Å². The topological polar surface area (TPSA) is 116 Å². The van der Waals surface area contributed by atoms with Crippen molar-refractivity contribution in [2.75, 3.05) is 6.61 Å². The highest BCUT2D eigenvalue weighted by atomic mass is 16.3. The standard InChI is InChI=1S/C25H42N2O4/c1-4-5-6-7-13-24(2,3)19-10-11-20(22(29)16-19)21-17-25(31,27-23(26)30)14-12-18(21)9-8-15-28/h10-11,16,18,21,28-29,31H,4-9,12-15,17H2,1-3H3,(H3,26,27,30). The number of nitrogens with two attached hydrogens (primary N) is 1. The van der Waals surface area contributed by atoms with Gasteiger partial charge in [-0.2, -0.15) is 0 Å². The Labute approximate surface area is 187 Å². The van der Waals surface area contributed by atoms with E-state index in [1.807, 2.05) is 12.1 Å². The average Bonchev–Trinajstić information content (AvgIpc) is 2.69. The highest BCUT2D eigenvalue weighted by Gasteiger charge is 2.41. The maximum Gasteiger partial charge on any atom is 0.314 e. The van der Waals surface area contributed by atoms with Crippen molar-refractivity contribution >= 4 is 6.03 Å². The molecule has 6 heteroatoms. The summed E-state index contributed by atoms with van der Waals surface area (Å²) in [5.41, 5.74) is 5.76. The van der Waals surface area contributed by atoms with Crippen LogP contribution in [0, 0.1) is 5.92 Å². The Balaban J connectivity index is 2.24. The second kappa shape index (κ2) is 11.2. The summed E-state index contributed by atoms with van der Waals surface area (Å²) in [6.45, 7) is 6.76. The van der Waals surface area contributed by atoms with Gasteiger partial charge in [0.2, 0.25) is 0 Å². The molecule has 1 fully saturated rings. The highest BCUT2D eigenvalue weighted by Crippen LogP contribution is 2.47. The van der Waals surface area contributed by atoms with Crippen LogP contribution >= 0.6 is 0 Å². The third kappa shape index (κ3) is 7.11. The minimum atomic E-state index is -1.38. The van der Waals surface area contributed by atoms with E-state index in [2.05, 4.69) is 32.2 Å².